The third-order valence-electron chi connectivity index (χ3n) is 3.31. The van der Waals surface area contributed by atoms with Crippen molar-refractivity contribution in [2.24, 2.45) is 17.8 Å². The van der Waals surface area contributed by atoms with Crippen LogP contribution in [-0.2, 0) is 0 Å². The van der Waals surface area contributed by atoms with Gasteiger partial charge in [0.15, 0.2) is 0 Å². The molecule has 0 bridgehead atoms. The molecule has 1 aliphatic rings. The minimum atomic E-state index is 0.714. The summed E-state index contributed by atoms with van der Waals surface area (Å²) >= 11 is 0. The van der Waals surface area contributed by atoms with Crippen LogP contribution < -0.4 is 5.32 Å². The van der Waals surface area contributed by atoms with E-state index in [0.29, 0.717) is 6.04 Å². The van der Waals surface area contributed by atoms with Crippen LogP contribution in [0.2, 0.25) is 0 Å². The van der Waals surface area contributed by atoms with Crippen molar-refractivity contribution in [2.75, 3.05) is 7.05 Å². The quantitative estimate of drug-likeness (QED) is 0.619. The van der Waals surface area contributed by atoms with Gasteiger partial charge in [-0.05, 0) is 38.1 Å². The van der Waals surface area contributed by atoms with Crippen molar-refractivity contribution in [1.82, 2.24) is 5.32 Å². The van der Waals surface area contributed by atoms with Crippen LogP contribution in [0.3, 0.4) is 0 Å². The maximum Gasteiger partial charge on any atom is 0.00667 e. The lowest BCUT2D eigenvalue weighted by molar-refractivity contribution is 0.0744. The van der Waals surface area contributed by atoms with Crippen molar-refractivity contribution in [1.29, 1.82) is 0 Å². The van der Waals surface area contributed by atoms with Crippen LogP contribution in [0.5, 0.6) is 0 Å². The Morgan fingerprint density at radius 1 is 1.40 bits per heavy atom. The minimum absolute atomic E-state index is 0.714. The third-order valence-corrected chi connectivity index (χ3v) is 3.31. The fraction of sp³-hybridized carbons (Fsp3) is 1.00. The van der Waals surface area contributed by atoms with E-state index in [1.54, 1.807) is 0 Å². The molecular weight excluding hydrogens is 122 g/mol. The lowest BCUT2D eigenvalue weighted by Crippen LogP contribution is -2.44. The Balaban J connectivity index is 2.32. The van der Waals surface area contributed by atoms with Gasteiger partial charge in [-0.15, -0.1) is 0 Å². The van der Waals surface area contributed by atoms with Crippen LogP contribution in [-0.4, -0.2) is 13.1 Å². The summed E-state index contributed by atoms with van der Waals surface area (Å²) in [4.78, 5) is 0. The summed E-state index contributed by atoms with van der Waals surface area (Å²) in [6.45, 7) is 7.00. The molecule has 4 unspecified atom stereocenters. The van der Waals surface area contributed by atoms with Gasteiger partial charge in [0.25, 0.3) is 0 Å². The Labute approximate surface area is 64.2 Å². The molecule has 1 aliphatic carbocycles. The first kappa shape index (κ1) is 8.06. The maximum atomic E-state index is 3.32. The van der Waals surface area contributed by atoms with E-state index in [2.05, 4.69) is 33.1 Å². The van der Waals surface area contributed by atoms with Gasteiger partial charge in [-0.3, -0.25) is 0 Å². The molecular formula is C9H19N. The molecule has 0 saturated heterocycles. The van der Waals surface area contributed by atoms with Crippen molar-refractivity contribution < 1.29 is 0 Å². The molecule has 0 amide bonds. The SMILES string of the molecule is CNC(C)C1CC(C)C1C. The number of hydrogen-bond donors (Lipinski definition) is 1. The molecule has 10 heavy (non-hydrogen) atoms. The normalized spacial score (nSPS) is 42.6. The predicted molar refractivity (Wildman–Crippen MR) is 45.0 cm³/mol. The van der Waals surface area contributed by atoms with Crippen molar-refractivity contribution in [3.05, 3.63) is 0 Å². The smallest absolute Gasteiger partial charge is 0.00667 e. The second kappa shape index (κ2) is 2.91. The van der Waals surface area contributed by atoms with Gasteiger partial charge in [-0.2, -0.15) is 0 Å². The molecule has 1 rings (SSSR count). The van der Waals surface area contributed by atoms with Crippen molar-refractivity contribution >= 4 is 0 Å². The monoisotopic (exact) mass is 141 g/mol. The molecule has 1 N–H and O–H groups in total. The van der Waals surface area contributed by atoms with E-state index in [1.807, 2.05) is 0 Å². The highest BCUT2D eigenvalue weighted by Crippen LogP contribution is 2.41. The van der Waals surface area contributed by atoms with Gasteiger partial charge in [0.2, 0.25) is 0 Å². The molecule has 0 aromatic heterocycles. The zero-order valence-corrected chi connectivity index (χ0v) is 7.52. The van der Waals surface area contributed by atoms with Crippen LogP contribution in [0, 0.1) is 17.8 Å². The van der Waals surface area contributed by atoms with E-state index in [1.165, 1.54) is 6.42 Å². The summed E-state index contributed by atoms with van der Waals surface area (Å²) in [7, 11) is 2.06. The zero-order chi connectivity index (χ0) is 7.72. The Kier molecular flexibility index (Phi) is 2.35. The average molecular weight is 141 g/mol. The molecule has 0 aromatic carbocycles. The number of rotatable bonds is 2. The molecule has 1 nitrogen and oxygen atoms in total. The van der Waals surface area contributed by atoms with Gasteiger partial charge < -0.3 is 5.32 Å². The van der Waals surface area contributed by atoms with Gasteiger partial charge in [-0.25, -0.2) is 0 Å². The molecule has 4 atom stereocenters. The van der Waals surface area contributed by atoms with Crippen LogP contribution in [0.15, 0.2) is 0 Å². The summed E-state index contributed by atoms with van der Waals surface area (Å²) in [5, 5.41) is 3.32. The van der Waals surface area contributed by atoms with E-state index in [4.69, 9.17) is 0 Å². The summed E-state index contributed by atoms with van der Waals surface area (Å²) in [5.41, 5.74) is 0. The van der Waals surface area contributed by atoms with E-state index in [0.717, 1.165) is 17.8 Å². The first-order chi connectivity index (χ1) is 4.66. The van der Waals surface area contributed by atoms with Crippen LogP contribution >= 0.6 is 0 Å². The summed E-state index contributed by atoms with van der Waals surface area (Å²) in [6.07, 6.45) is 1.42. The highest BCUT2D eigenvalue weighted by atomic mass is 14.9. The molecule has 1 heteroatoms. The number of hydrogen-bond acceptors (Lipinski definition) is 1. The van der Waals surface area contributed by atoms with E-state index >= 15 is 0 Å². The topological polar surface area (TPSA) is 12.0 Å². The molecule has 60 valence electrons. The standard InChI is InChI=1S/C9H19N/c1-6-5-9(7(6)2)8(3)10-4/h6-10H,5H2,1-4H3. The summed E-state index contributed by atoms with van der Waals surface area (Å²) < 4.78 is 0. The minimum Gasteiger partial charge on any atom is -0.317 e. The van der Waals surface area contributed by atoms with Crippen LogP contribution in [0.1, 0.15) is 27.2 Å². The predicted octanol–water partition coefficient (Wildman–Crippen LogP) is 1.89. The van der Waals surface area contributed by atoms with E-state index < -0.39 is 0 Å². The molecule has 0 spiro atoms. The fourth-order valence-electron chi connectivity index (χ4n) is 1.96. The van der Waals surface area contributed by atoms with Gasteiger partial charge in [0, 0.05) is 6.04 Å². The van der Waals surface area contributed by atoms with Gasteiger partial charge >= 0.3 is 0 Å². The number of nitrogens with one attached hydrogen (secondary N) is 1. The third kappa shape index (κ3) is 1.20. The lowest BCUT2D eigenvalue weighted by atomic mass is 9.64. The zero-order valence-electron chi connectivity index (χ0n) is 7.52. The molecule has 1 fully saturated rings. The van der Waals surface area contributed by atoms with Gasteiger partial charge in [0.1, 0.15) is 0 Å². The van der Waals surface area contributed by atoms with E-state index in [-0.39, 0.29) is 0 Å². The first-order valence-electron chi connectivity index (χ1n) is 4.34. The lowest BCUT2D eigenvalue weighted by Gasteiger charge is -2.44. The Morgan fingerprint density at radius 2 is 2.00 bits per heavy atom. The Morgan fingerprint density at radius 3 is 2.30 bits per heavy atom. The average Bonchev–Trinajstić information content (AvgIpc) is 1.98. The van der Waals surface area contributed by atoms with Crippen molar-refractivity contribution in [2.45, 2.75) is 33.2 Å². The summed E-state index contributed by atoms with van der Waals surface area (Å²) in [5.74, 6) is 2.82. The highest BCUT2D eigenvalue weighted by Gasteiger charge is 2.36. The fourth-order valence-corrected chi connectivity index (χ4v) is 1.96. The molecule has 0 aromatic rings. The largest absolute Gasteiger partial charge is 0.317 e. The van der Waals surface area contributed by atoms with Gasteiger partial charge in [-0.1, -0.05) is 13.8 Å². The second-order valence-electron chi connectivity index (χ2n) is 3.81. The van der Waals surface area contributed by atoms with Crippen LogP contribution in [0.4, 0.5) is 0 Å². The van der Waals surface area contributed by atoms with Crippen molar-refractivity contribution in [3.8, 4) is 0 Å². The first-order valence-corrected chi connectivity index (χ1v) is 4.34. The molecule has 1 saturated carbocycles. The highest BCUT2D eigenvalue weighted by molar-refractivity contribution is 4.88. The van der Waals surface area contributed by atoms with Crippen LogP contribution in [0.25, 0.3) is 0 Å². The van der Waals surface area contributed by atoms with Gasteiger partial charge in [0.05, 0.1) is 0 Å². The maximum absolute atomic E-state index is 3.32. The molecule has 0 radical (unpaired) electrons. The summed E-state index contributed by atoms with van der Waals surface area (Å²) in [6, 6.07) is 0.714. The Bertz CT molecular complexity index is 107. The van der Waals surface area contributed by atoms with E-state index in [9.17, 15) is 0 Å². The second-order valence-corrected chi connectivity index (χ2v) is 3.81. The van der Waals surface area contributed by atoms with Crippen molar-refractivity contribution in [3.63, 3.8) is 0 Å². The Hall–Kier alpha value is -0.0400. The molecule has 0 aliphatic heterocycles. The molecule has 0 heterocycles.